The fraction of sp³-hybridized carbons (Fsp3) is 0.444. The number of ether oxygens (including phenoxy) is 1. The first-order chi connectivity index (χ1) is 12.4. The maximum Gasteiger partial charge on any atom is 0.306 e. The van der Waals surface area contributed by atoms with Crippen molar-refractivity contribution in [1.29, 1.82) is 0 Å². The fourth-order valence-corrected chi connectivity index (χ4v) is 5.06. The predicted molar refractivity (Wildman–Crippen MR) is 97.3 cm³/mol. The highest BCUT2D eigenvalue weighted by Crippen LogP contribution is 2.21. The van der Waals surface area contributed by atoms with Gasteiger partial charge in [-0.15, -0.1) is 0 Å². The van der Waals surface area contributed by atoms with Crippen LogP contribution in [0.15, 0.2) is 30.5 Å². The van der Waals surface area contributed by atoms with Gasteiger partial charge in [-0.3, -0.25) is 9.59 Å². The number of rotatable bonds is 7. The minimum atomic E-state index is -3.01. The van der Waals surface area contributed by atoms with Gasteiger partial charge in [-0.25, -0.2) is 8.42 Å². The molecule has 1 aliphatic rings. The quantitative estimate of drug-likeness (QED) is 0.704. The molecule has 0 saturated carbocycles. The SMILES string of the molecule is O=C(COC(=O)C[C@H]1CCS(=O)(=O)C1)NCCc1c[nH]c2ccccc12. The molecule has 1 aliphatic heterocycles. The fourth-order valence-electron chi connectivity index (χ4n) is 3.20. The van der Waals surface area contributed by atoms with E-state index < -0.39 is 15.8 Å². The molecule has 0 unspecified atom stereocenters. The highest BCUT2D eigenvalue weighted by molar-refractivity contribution is 7.91. The minimum Gasteiger partial charge on any atom is -0.456 e. The second-order valence-corrected chi connectivity index (χ2v) is 8.82. The molecule has 1 amide bonds. The van der Waals surface area contributed by atoms with Gasteiger partial charge >= 0.3 is 5.97 Å². The van der Waals surface area contributed by atoms with Crippen LogP contribution < -0.4 is 5.32 Å². The molecule has 0 radical (unpaired) electrons. The smallest absolute Gasteiger partial charge is 0.306 e. The Bertz CT molecular complexity index is 903. The molecule has 26 heavy (non-hydrogen) atoms. The summed E-state index contributed by atoms with van der Waals surface area (Å²) >= 11 is 0. The van der Waals surface area contributed by atoms with Gasteiger partial charge in [-0.1, -0.05) is 18.2 Å². The summed E-state index contributed by atoms with van der Waals surface area (Å²) in [5.74, 6) is -0.938. The molecule has 8 heteroatoms. The number of sulfone groups is 1. The topological polar surface area (TPSA) is 105 Å². The van der Waals surface area contributed by atoms with Crippen molar-refractivity contribution in [1.82, 2.24) is 10.3 Å². The summed E-state index contributed by atoms with van der Waals surface area (Å²) in [4.78, 5) is 26.7. The number of H-pyrrole nitrogens is 1. The maximum atomic E-state index is 11.8. The number of carbonyl (C=O) groups excluding carboxylic acids is 2. The molecule has 140 valence electrons. The van der Waals surface area contributed by atoms with Crippen LogP contribution in [0.1, 0.15) is 18.4 Å². The van der Waals surface area contributed by atoms with Crippen molar-refractivity contribution < 1.29 is 22.7 Å². The van der Waals surface area contributed by atoms with E-state index in [2.05, 4.69) is 10.3 Å². The third-order valence-electron chi connectivity index (χ3n) is 4.54. The first-order valence-corrected chi connectivity index (χ1v) is 10.4. The summed E-state index contributed by atoms with van der Waals surface area (Å²) in [5.41, 5.74) is 2.16. The summed E-state index contributed by atoms with van der Waals surface area (Å²) in [7, 11) is -3.01. The van der Waals surface area contributed by atoms with Crippen molar-refractivity contribution in [3.63, 3.8) is 0 Å². The molecule has 1 saturated heterocycles. The van der Waals surface area contributed by atoms with Gasteiger partial charge in [-0.2, -0.15) is 0 Å². The monoisotopic (exact) mass is 378 g/mol. The standard InChI is InChI=1S/C18H22N2O5S/c21-17(11-25-18(22)9-13-6-8-26(23,24)12-13)19-7-5-14-10-20-16-4-2-1-3-15(14)16/h1-4,10,13,20H,5-9,11-12H2,(H,19,21)/t13-/m1/s1. The Hall–Kier alpha value is -2.35. The summed E-state index contributed by atoms with van der Waals surface area (Å²) in [6, 6.07) is 7.94. The zero-order valence-corrected chi connectivity index (χ0v) is 15.2. The van der Waals surface area contributed by atoms with Crippen molar-refractivity contribution in [3.8, 4) is 0 Å². The Labute approximate surface area is 152 Å². The van der Waals surface area contributed by atoms with Crippen molar-refractivity contribution in [2.45, 2.75) is 19.3 Å². The van der Waals surface area contributed by atoms with Crippen LogP contribution in [0.2, 0.25) is 0 Å². The largest absolute Gasteiger partial charge is 0.456 e. The van der Waals surface area contributed by atoms with E-state index in [9.17, 15) is 18.0 Å². The molecule has 2 N–H and O–H groups in total. The molecule has 0 spiro atoms. The zero-order chi connectivity index (χ0) is 18.6. The number of aromatic nitrogens is 1. The Balaban J connectivity index is 1.36. The van der Waals surface area contributed by atoms with E-state index >= 15 is 0 Å². The van der Waals surface area contributed by atoms with Gasteiger partial charge in [0.2, 0.25) is 0 Å². The summed E-state index contributed by atoms with van der Waals surface area (Å²) in [5, 5.41) is 3.85. The molecule has 0 aliphatic carbocycles. The molecular formula is C18H22N2O5S. The number of esters is 1. The second kappa shape index (κ2) is 7.90. The van der Waals surface area contributed by atoms with Crippen LogP contribution >= 0.6 is 0 Å². The molecular weight excluding hydrogens is 356 g/mol. The van der Waals surface area contributed by atoms with Gasteiger partial charge in [0.1, 0.15) is 0 Å². The Kier molecular flexibility index (Phi) is 5.61. The summed E-state index contributed by atoms with van der Waals surface area (Å²) in [6.07, 6.45) is 3.12. The summed E-state index contributed by atoms with van der Waals surface area (Å²) < 4.78 is 27.7. The lowest BCUT2D eigenvalue weighted by Crippen LogP contribution is -2.30. The molecule has 0 bridgehead atoms. The van der Waals surface area contributed by atoms with Crippen LogP contribution in [-0.2, 0) is 30.6 Å². The van der Waals surface area contributed by atoms with Gasteiger partial charge in [0.05, 0.1) is 11.5 Å². The molecule has 1 fully saturated rings. The van der Waals surface area contributed by atoms with E-state index in [0.717, 1.165) is 16.5 Å². The molecule has 7 nitrogen and oxygen atoms in total. The van der Waals surface area contributed by atoms with Gasteiger partial charge in [0.25, 0.3) is 5.91 Å². The van der Waals surface area contributed by atoms with Gasteiger partial charge in [0.15, 0.2) is 16.4 Å². The van der Waals surface area contributed by atoms with Crippen molar-refractivity contribution in [3.05, 3.63) is 36.0 Å². The van der Waals surface area contributed by atoms with Crippen LogP contribution in [0, 0.1) is 5.92 Å². The van der Waals surface area contributed by atoms with Gasteiger partial charge in [-0.05, 0) is 30.4 Å². The molecule has 2 aromatic rings. The third-order valence-corrected chi connectivity index (χ3v) is 6.37. The molecule has 1 aromatic heterocycles. The normalized spacial score (nSPS) is 18.7. The number of aromatic amines is 1. The number of amides is 1. The number of carbonyl (C=O) groups is 2. The first kappa shape index (κ1) is 18.4. The Morgan fingerprint density at radius 1 is 1.27 bits per heavy atom. The Morgan fingerprint density at radius 2 is 2.08 bits per heavy atom. The predicted octanol–water partition coefficient (Wildman–Crippen LogP) is 1.19. The number of benzene rings is 1. The maximum absolute atomic E-state index is 11.8. The lowest BCUT2D eigenvalue weighted by Gasteiger charge is -2.08. The lowest BCUT2D eigenvalue weighted by molar-refractivity contribution is -0.149. The number of para-hydroxylation sites is 1. The van der Waals surface area contributed by atoms with Gasteiger partial charge < -0.3 is 15.0 Å². The molecule has 1 atom stereocenters. The summed E-state index contributed by atoms with van der Waals surface area (Å²) in [6.45, 7) is 0.102. The second-order valence-electron chi connectivity index (χ2n) is 6.59. The average Bonchev–Trinajstić information content (AvgIpc) is 3.16. The highest BCUT2D eigenvalue weighted by Gasteiger charge is 2.29. The third kappa shape index (κ3) is 4.85. The molecule has 1 aromatic carbocycles. The average molecular weight is 378 g/mol. The van der Waals surface area contributed by atoms with E-state index in [-0.39, 0.29) is 36.4 Å². The van der Waals surface area contributed by atoms with Crippen molar-refractivity contribution in [2.75, 3.05) is 24.7 Å². The van der Waals surface area contributed by atoms with Crippen molar-refractivity contribution >= 4 is 32.6 Å². The van der Waals surface area contributed by atoms with Gasteiger partial charge in [0, 0.05) is 30.1 Å². The van der Waals surface area contributed by atoms with Crippen LogP contribution in [0.3, 0.4) is 0 Å². The number of hydrogen-bond donors (Lipinski definition) is 2. The van der Waals surface area contributed by atoms with Crippen molar-refractivity contribution in [2.24, 2.45) is 5.92 Å². The molecule has 2 heterocycles. The zero-order valence-electron chi connectivity index (χ0n) is 14.4. The van der Waals surface area contributed by atoms with E-state index in [1.165, 1.54) is 0 Å². The minimum absolute atomic E-state index is 0.0267. The number of hydrogen-bond acceptors (Lipinski definition) is 5. The van der Waals surface area contributed by atoms with Crippen LogP contribution in [0.5, 0.6) is 0 Å². The lowest BCUT2D eigenvalue weighted by atomic mass is 10.1. The Morgan fingerprint density at radius 3 is 2.85 bits per heavy atom. The number of fused-ring (bicyclic) bond motifs is 1. The molecule has 3 rings (SSSR count). The van der Waals surface area contributed by atoms with E-state index in [1.807, 2.05) is 30.5 Å². The van der Waals surface area contributed by atoms with E-state index in [1.54, 1.807) is 0 Å². The highest BCUT2D eigenvalue weighted by atomic mass is 32.2. The van der Waals surface area contributed by atoms with Crippen LogP contribution in [0.4, 0.5) is 0 Å². The first-order valence-electron chi connectivity index (χ1n) is 8.61. The van der Waals surface area contributed by atoms with Crippen LogP contribution in [0.25, 0.3) is 10.9 Å². The van der Waals surface area contributed by atoms with E-state index in [4.69, 9.17) is 4.74 Å². The van der Waals surface area contributed by atoms with Crippen LogP contribution in [-0.4, -0.2) is 49.9 Å². The number of nitrogens with one attached hydrogen (secondary N) is 2. The van der Waals surface area contributed by atoms with E-state index in [0.29, 0.717) is 19.4 Å².